The number of carbonyl (C=O) groups excluding carboxylic acids is 1. The molecule has 2 atom stereocenters. The lowest BCUT2D eigenvalue weighted by Gasteiger charge is -2.12. The summed E-state index contributed by atoms with van der Waals surface area (Å²) in [6.45, 7) is 0.532. The highest BCUT2D eigenvalue weighted by molar-refractivity contribution is 9.10. The molecule has 1 aromatic carbocycles. The lowest BCUT2D eigenvalue weighted by atomic mass is 10.1. The van der Waals surface area contributed by atoms with Gasteiger partial charge in [-0.25, -0.2) is 0 Å². The van der Waals surface area contributed by atoms with Gasteiger partial charge in [0.2, 0.25) is 0 Å². The standard InChI is InChI=1S/C14H17BrClNO3/c15-10-2-4-13(12(16)6-10)20-8-14(19)17-7-9-1-3-11(18)5-9/h2,4,6,9,11,18H,1,3,5,7-8H2,(H,17,19). The molecule has 0 aromatic heterocycles. The van der Waals surface area contributed by atoms with Gasteiger partial charge in [0.15, 0.2) is 6.61 Å². The number of amides is 1. The Kier molecular flexibility index (Phi) is 5.69. The van der Waals surface area contributed by atoms with Crippen LogP contribution in [0.25, 0.3) is 0 Å². The zero-order valence-electron chi connectivity index (χ0n) is 10.9. The van der Waals surface area contributed by atoms with Crippen LogP contribution in [0, 0.1) is 5.92 Å². The molecule has 1 aliphatic rings. The van der Waals surface area contributed by atoms with Gasteiger partial charge in [-0.05, 0) is 43.4 Å². The zero-order chi connectivity index (χ0) is 14.5. The Morgan fingerprint density at radius 2 is 2.30 bits per heavy atom. The second kappa shape index (κ2) is 7.29. The summed E-state index contributed by atoms with van der Waals surface area (Å²) < 4.78 is 6.24. The largest absolute Gasteiger partial charge is 0.482 e. The van der Waals surface area contributed by atoms with Crippen LogP contribution in [-0.2, 0) is 4.79 Å². The van der Waals surface area contributed by atoms with Gasteiger partial charge in [0.05, 0.1) is 11.1 Å². The van der Waals surface area contributed by atoms with Crippen molar-refractivity contribution >= 4 is 33.4 Å². The number of aliphatic hydroxyl groups excluding tert-OH is 1. The fourth-order valence-electron chi connectivity index (χ4n) is 2.28. The van der Waals surface area contributed by atoms with Crippen molar-refractivity contribution < 1.29 is 14.6 Å². The minimum atomic E-state index is -0.213. The molecule has 1 aliphatic carbocycles. The number of nitrogens with one attached hydrogen (secondary N) is 1. The molecule has 0 heterocycles. The summed E-state index contributed by atoms with van der Waals surface area (Å²) >= 11 is 9.30. The van der Waals surface area contributed by atoms with Crippen LogP contribution in [-0.4, -0.2) is 30.3 Å². The van der Waals surface area contributed by atoms with Crippen molar-refractivity contribution in [2.45, 2.75) is 25.4 Å². The Morgan fingerprint density at radius 1 is 1.50 bits per heavy atom. The van der Waals surface area contributed by atoms with Gasteiger partial charge in [-0.1, -0.05) is 27.5 Å². The molecule has 110 valence electrons. The van der Waals surface area contributed by atoms with Crippen LogP contribution >= 0.6 is 27.5 Å². The number of halogens is 2. The monoisotopic (exact) mass is 361 g/mol. The molecule has 1 fully saturated rings. The molecule has 1 aromatic rings. The summed E-state index contributed by atoms with van der Waals surface area (Å²) in [5, 5.41) is 12.7. The van der Waals surface area contributed by atoms with Crippen molar-refractivity contribution in [3.8, 4) is 5.75 Å². The second-order valence-corrected chi connectivity index (χ2v) is 6.32. The molecule has 2 rings (SSSR count). The highest BCUT2D eigenvalue weighted by Gasteiger charge is 2.22. The molecule has 20 heavy (non-hydrogen) atoms. The number of hydrogen-bond donors (Lipinski definition) is 2. The van der Waals surface area contributed by atoms with E-state index >= 15 is 0 Å². The highest BCUT2D eigenvalue weighted by Crippen LogP contribution is 2.27. The van der Waals surface area contributed by atoms with E-state index in [1.54, 1.807) is 18.2 Å². The smallest absolute Gasteiger partial charge is 0.257 e. The Hall–Kier alpha value is -0.780. The average molecular weight is 363 g/mol. The maximum Gasteiger partial charge on any atom is 0.257 e. The normalized spacial score (nSPS) is 21.8. The lowest BCUT2D eigenvalue weighted by Crippen LogP contribution is -2.32. The topological polar surface area (TPSA) is 58.6 Å². The quantitative estimate of drug-likeness (QED) is 0.847. The van der Waals surface area contributed by atoms with Crippen LogP contribution in [0.3, 0.4) is 0 Å². The molecular formula is C14H17BrClNO3. The van der Waals surface area contributed by atoms with Gasteiger partial charge >= 0.3 is 0 Å². The van der Waals surface area contributed by atoms with Crippen LogP contribution < -0.4 is 10.1 Å². The van der Waals surface area contributed by atoms with E-state index < -0.39 is 0 Å². The predicted octanol–water partition coefficient (Wildman–Crippen LogP) is 2.76. The highest BCUT2D eigenvalue weighted by atomic mass is 79.9. The van der Waals surface area contributed by atoms with Crippen LogP contribution in [0.1, 0.15) is 19.3 Å². The molecule has 0 bridgehead atoms. The molecular weight excluding hydrogens is 346 g/mol. The molecule has 1 saturated carbocycles. The average Bonchev–Trinajstić information content (AvgIpc) is 2.81. The van der Waals surface area contributed by atoms with Crippen molar-refractivity contribution in [3.05, 3.63) is 27.7 Å². The summed E-state index contributed by atoms with van der Waals surface area (Å²) in [6.07, 6.45) is 2.33. The van der Waals surface area contributed by atoms with E-state index in [-0.39, 0.29) is 18.6 Å². The summed E-state index contributed by atoms with van der Waals surface area (Å²) in [4.78, 5) is 11.7. The van der Waals surface area contributed by atoms with E-state index in [0.29, 0.717) is 23.2 Å². The van der Waals surface area contributed by atoms with Crippen molar-refractivity contribution in [2.75, 3.05) is 13.2 Å². The number of carbonyl (C=O) groups is 1. The number of aliphatic hydroxyl groups is 1. The first-order chi connectivity index (χ1) is 9.54. The third kappa shape index (κ3) is 4.65. The second-order valence-electron chi connectivity index (χ2n) is 5.00. The lowest BCUT2D eigenvalue weighted by molar-refractivity contribution is -0.123. The van der Waals surface area contributed by atoms with Crippen molar-refractivity contribution in [1.29, 1.82) is 0 Å². The number of ether oxygens (including phenoxy) is 1. The molecule has 0 spiro atoms. The SMILES string of the molecule is O=C(COc1ccc(Br)cc1Cl)NCC1CCC(O)C1. The zero-order valence-corrected chi connectivity index (χ0v) is 13.3. The fourth-order valence-corrected chi connectivity index (χ4v) is 3.01. The first-order valence-electron chi connectivity index (χ1n) is 6.57. The maximum absolute atomic E-state index is 11.7. The van der Waals surface area contributed by atoms with Gasteiger partial charge in [0.25, 0.3) is 5.91 Å². The maximum atomic E-state index is 11.7. The van der Waals surface area contributed by atoms with Gasteiger partial charge in [0, 0.05) is 11.0 Å². The number of rotatable bonds is 5. The van der Waals surface area contributed by atoms with Gasteiger partial charge < -0.3 is 15.2 Å². The van der Waals surface area contributed by atoms with Crippen LogP contribution in [0.2, 0.25) is 5.02 Å². The Balaban J connectivity index is 1.72. The van der Waals surface area contributed by atoms with E-state index in [0.717, 1.165) is 23.7 Å². The Bertz CT molecular complexity index is 483. The van der Waals surface area contributed by atoms with E-state index in [2.05, 4.69) is 21.2 Å². The van der Waals surface area contributed by atoms with E-state index in [9.17, 15) is 9.90 Å². The third-order valence-corrected chi connectivity index (χ3v) is 4.14. The minimum absolute atomic E-state index is 0.0589. The molecule has 2 unspecified atom stereocenters. The van der Waals surface area contributed by atoms with E-state index in [1.807, 2.05) is 0 Å². The van der Waals surface area contributed by atoms with Gasteiger partial charge in [-0.15, -0.1) is 0 Å². The fraction of sp³-hybridized carbons (Fsp3) is 0.500. The van der Waals surface area contributed by atoms with Gasteiger partial charge in [-0.3, -0.25) is 4.79 Å². The first kappa shape index (κ1) is 15.6. The van der Waals surface area contributed by atoms with E-state index in [1.165, 1.54) is 0 Å². The van der Waals surface area contributed by atoms with Crippen molar-refractivity contribution in [2.24, 2.45) is 5.92 Å². The molecule has 6 heteroatoms. The van der Waals surface area contributed by atoms with Crippen LogP contribution in [0.15, 0.2) is 22.7 Å². The summed E-state index contributed by atoms with van der Waals surface area (Å²) in [7, 11) is 0. The van der Waals surface area contributed by atoms with Crippen LogP contribution in [0.4, 0.5) is 0 Å². The summed E-state index contributed by atoms with van der Waals surface area (Å²) in [5.74, 6) is 0.678. The van der Waals surface area contributed by atoms with Crippen molar-refractivity contribution in [1.82, 2.24) is 5.32 Å². The third-order valence-electron chi connectivity index (χ3n) is 3.35. The van der Waals surface area contributed by atoms with E-state index in [4.69, 9.17) is 16.3 Å². The number of benzene rings is 1. The molecule has 2 N–H and O–H groups in total. The molecule has 0 aliphatic heterocycles. The van der Waals surface area contributed by atoms with Crippen molar-refractivity contribution in [3.63, 3.8) is 0 Å². The van der Waals surface area contributed by atoms with Gasteiger partial charge in [-0.2, -0.15) is 0 Å². The summed E-state index contributed by atoms with van der Waals surface area (Å²) in [5.41, 5.74) is 0. The number of hydrogen-bond acceptors (Lipinski definition) is 3. The molecule has 1 amide bonds. The molecule has 4 nitrogen and oxygen atoms in total. The molecule has 0 saturated heterocycles. The predicted molar refractivity (Wildman–Crippen MR) is 81.0 cm³/mol. The Morgan fingerprint density at radius 3 is 2.95 bits per heavy atom. The van der Waals surface area contributed by atoms with Crippen LogP contribution in [0.5, 0.6) is 5.75 Å². The first-order valence-corrected chi connectivity index (χ1v) is 7.74. The van der Waals surface area contributed by atoms with Gasteiger partial charge in [0.1, 0.15) is 5.75 Å². The molecule has 0 radical (unpaired) electrons. The Labute approximate surface area is 131 Å². The summed E-state index contributed by atoms with van der Waals surface area (Å²) in [6, 6.07) is 5.24. The minimum Gasteiger partial charge on any atom is -0.482 e.